The van der Waals surface area contributed by atoms with Crippen molar-refractivity contribution in [3.63, 3.8) is 0 Å². The maximum absolute atomic E-state index is 12.3. The van der Waals surface area contributed by atoms with Crippen LogP contribution in [0.15, 0.2) is 24.3 Å². The third-order valence-electron chi connectivity index (χ3n) is 3.91. The van der Waals surface area contributed by atoms with E-state index in [2.05, 4.69) is 5.32 Å². The molecule has 1 atom stereocenters. The molecule has 5 heteroatoms. The molecule has 0 spiro atoms. The van der Waals surface area contributed by atoms with Crippen LogP contribution in [0.4, 0.5) is 0 Å². The van der Waals surface area contributed by atoms with Crippen molar-refractivity contribution >= 4 is 11.8 Å². The van der Waals surface area contributed by atoms with Crippen molar-refractivity contribution in [1.82, 2.24) is 10.2 Å². The molecular formula is C18H28N2O3. The molecule has 0 radical (unpaired) electrons. The first kappa shape index (κ1) is 19.2. The van der Waals surface area contributed by atoms with Gasteiger partial charge in [-0.05, 0) is 24.1 Å². The van der Waals surface area contributed by atoms with Gasteiger partial charge in [0.05, 0.1) is 6.10 Å². The number of aliphatic hydroxyl groups excluding tert-OH is 1. The number of rotatable bonds is 6. The zero-order valence-corrected chi connectivity index (χ0v) is 14.9. The lowest BCUT2D eigenvalue weighted by Crippen LogP contribution is -2.43. The number of nitrogens with zero attached hydrogens (tertiary/aromatic N) is 1. The molecule has 0 saturated heterocycles. The van der Waals surface area contributed by atoms with Crippen LogP contribution < -0.4 is 5.32 Å². The lowest BCUT2D eigenvalue weighted by molar-refractivity contribution is 0.0138. The Morgan fingerprint density at radius 1 is 1.22 bits per heavy atom. The van der Waals surface area contributed by atoms with Crippen molar-refractivity contribution in [1.29, 1.82) is 0 Å². The summed E-state index contributed by atoms with van der Waals surface area (Å²) < 4.78 is 0. The Morgan fingerprint density at radius 3 is 2.30 bits per heavy atom. The van der Waals surface area contributed by atoms with Crippen molar-refractivity contribution in [2.45, 2.75) is 33.8 Å². The average Bonchev–Trinajstić information content (AvgIpc) is 2.50. The summed E-state index contributed by atoms with van der Waals surface area (Å²) in [4.78, 5) is 25.7. The smallest absolute Gasteiger partial charge is 0.253 e. The monoisotopic (exact) mass is 320 g/mol. The zero-order valence-electron chi connectivity index (χ0n) is 14.9. The minimum absolute atomic E-state index is 0.114. The van der Waals surface area contributed by atoms with Crippen LogP contribution in [-0.4, -0.2) is 48.6 Å². The molecule has 1 unspecified atom stereocenters. The van der Waals surface area contributed by atoms with Gasteiger partial charge < -0.3 is 15.3 Å². The van der Waals surface area contributed by atoms with Gasteiger partial charge in [0.25, 0.3) is 11.8 Å². The highest BCUT2D eigenvalue weighted by Gasteiger charge is 2.30. The number of hydrogen-bond donors (Lipinski definition) is 2. The van der Waals surface area contributed by atoms with E-state index in [9.17, 15) is 14.7 Å². The number of hydrogen-bond acceptors (Lipinski definition) is 3. The molecule has 0 aliphatic rings. The van der Waals surface area contributed by atoms with Gasteiger partial charge in [0.1, 0.15) is 0 Å². The van der Waals surface area contributed by atoms with Gasteiger partial charge in [-0.25, -0.2) is 0 Å². The summed E-state index contributed by atoms with van der Waals surface area (Å²) in [5.74, 6) is -0.277. The molecule has 0 heterocycles. The number of aliphatic hydroxyl groups is 1. The summed E-state index contributed by atoms with van der Waals surface area (Å²) in [6.07, 6.45) is -0.510. The molecule has 1 rings (SSSR count). The molecule has 23 heavy (non-hydrogen) atoms. The van der Waals surface area contributed by atoms with E-state index in [1.807, 2.05) is 27.7 Å². The van der Waals surface area contributed by atoms with Gasteiger partial charge in [-0.3, -0.25) is 9.59 Å². The Bertz CT molecular complexity index is 565. The molecule has 0 aromatic heterocycles. The van der Waals surface area contributed by atoms with E-state index < -0.39 is 11.5 Å². The summed E-state index contributed by atoms with van der Waals surface area (Å²) >= 11 is 0. The third kappa shape index (κ3) is 5.06. The van der Waals surface area contributed by atoms with Gasteiger partial charge in [-0.2, -0.15) is 0 Å². The molecule has 0 fully saturated rings. The second kappa shape index (κ2) is 7.59. The molecule has 0 bridgehead atoms. The van der Waals surface area contributed by atoms with E-state index >= 15 is 0 Å². The van der Waals surface area contributed by atoms with Crippen LogP contribution >= 0.6 is 0 Å². The molecule has 0 aliphatic heterocycles. The van der Waals surface area contributed by atoms with Gasteiger partial charge in [-0.1, -0.05) is 33.8 Å². The number of amides is 2. The number of carbonyl (C=O) groups is 2. The van der Waals surface area contributed by atoms with Crippen LogP contribution in [0.5, 0.6) is 0 Å². The molecule has 0 saturated carbocycles. The number of benzene rings is 1. The van der Waals surface area contributed by atoms with Crippen LogP contribution in [0.1, 0.15) is 48.4 Å². The predicted molar refractivity (Wildman–Crippen MR) is 91.4 cm³/mol. The maximum Gasteiger partial charge on any atom is 0.253 e. The lowest BCUT2D eigenvalue weighted by Gasteiger charge is -2.33. The van der Waals surface area contributed by atoms with Crippen LogP contribution in [-0.2, 0) is 0 Å². The average molecular weight is 320 g/mol. The molecule has 2 N–H and O–H groups in total. The Morgan fingerprint density at radius 2 is 1.78 bits per heavy atom. The van der Waals surface area contributed by atoms with Gasteiger partial charge >= 0.3 is 0 Å². The molecule has 128 valence electrons. The Hall–Kier alpha value is -1.88. The number of nitrogens with one attached hydrogen (secondary N) is 1. The van der Waals surface area contributed by atoms with Crippen molar-refractivity contribution < 1.29 is 14.7 Å². The summed E-state index contributed by atoms with van der Waals surface area (Å²) in [7, 11) is 3.34. The normalized spacial score (nSPS) is 12.9. The zero-order chi connectivity index (χ0) is 17.8. The molecule has 1 aromatic carbocycles. The quantitative estimate of drug-likeness (QED) is 0.844. The SMILES string of the molecule is CC(C)C(O)C(C)(C)CNC(=O)c1cccc(C(=O)N(C)C)c1. The van der Waals surface area contributed by atoms with E-state index in [4.69, 9.17) is 0 Å². The van der Waals surface area contributed by atoms with E-state index in [1.54, 1.807) is 38.4 Å². The Kier molecular flexibility index (Phi) is 6.33. The molecule has 2 amide bonds. The first-order valence-corrected chi connectivity index (χ1v) is 7.84. The van der Waals surface area contributed by atoms with Gasteiger partial charge in [0, 0.05) is 37.2 Å². The maximum atomic E-state index is 12.3. The molecular weight excluding hydrogens is 292 g/mol. The lowest BCUT2D eigenvalue weighted by atomic mass is 9.80. The van der Waals surface area contributed by atoms with E-state index in [1.165, 1.54) is 4.90 Å². The fraction of sp³-hybridized carbons (Fsp3) is 0.556. The standard InChI is InChI=1S/C18H28N2O3/c1-12(2)15(21)18(3,4)11-19-16(22)13-8-7-9-14(10-13)17(23)20(5)6/h7-10,12,15,21H,11H2,1-6H3,(H,19,22). The van der Waals surface area contributed by atoms with Crippen LogP contribution in [0, 0.1) is 11.3 Å². The predicted octanol–water partition coefficient (Wildman–Crippen LogP) is 2.16. The summed E-state index contributed by atoms with van der Waals surface area (Å²) in [6, 6.07) is 6.64. The topological polar surface area (TPSA) is 69.6 Å². The molecule has 5 nitrogen and oxygen atoms in total. The van der Waals surface area contributed by atoms with Gasteiger partial charge in [-0.15, -0.1) is 0 Å². The van der Waals surface area contributed by atoms with Crippen molar-refractivity contribution in [2.75, 3.05) is 20.6 Å². The minimum atomic E-state index is -0.510. The van der Waals surface area contributed by atoms with Crippen LogP contribution in [0.2, 0.25) is 0 Å². The first-order chi connectivity index (χ1) is 10.6. The van der Waals surface area contributed by atoms with Crippen LogP contribution in [0.3, 0.4) is 0 Å². The minimum Gasteiger partial charge on any atom is -0.392 e. The van der Waals surface area contributed by atoms with Crippen LogP contribution in [0.25, 0.3) is 0 Å². The largest absolute Gasteiger partial charge is 0.392 e. The fourth-order valence-corrected chi connectivity index (χ4v) is 2.47. The fourth-order valence-electron chi connectivity index (χ4n) is 2.47. The highest BCUT2D eigenvalue weighted by atomic mass is 16.3. The van der Waals surface area contributed by atoms with Gasteiger partial charge in [0.2, 0.25) is 0 Å². The number of carbonyl (C=O) groups excluding carboxylic acids is 2. The third-order valence-corrected chi connectivity index (χ3v) is 3.91. The summed E-state index contributed by atoms with van der Waals surface area (Å²) in [5, 5.41) is 13.1. The Labute approximate surface area is 138 Å². The first-order valence-electron chi connectivity index (χ1n) is 7.84. The second-order valence-corrected chi connectivity index (χ2v) is 7.14. The van der Waals surface area contributed by atoms with E-state index in [0.29, 0.717) is 17.7 Å². The molecule has 0 aliphatic carbocycles. The van der Waals surface area contributed by atoms with E-state index in [-0.39, 0.29) is 17.7 Å². The van der Waals surface area contributed by atoms with E-state index in [0.717, 1.165) is 0 Å². The highest BCUT2D eigenvalue weighted by molar-refractivity contribution is 5.99. The van der Waals surface area contributed by atoms with Crippen molar-refractivity contribution in [3.8, 4) is 0 Å². The summed E-state index contributed by atoms with van der Waals surface area (Å²) in [6.45, 7) is 8.10. The highest BCUT2D eigenvalue weighted by Crippen LogP contribution is 2.25. The van der Waals surface area contributed by atoms with Crippen molar-refractivity contribution in [2.24, 2.45) is 11.3 Å². The van der Waals surface area contributed by atoms with Crippen molar-refractivity contribution in [3.05, 3.63) is 35.4 Å². The summed E-state index contributed by atoms with van der Waals surface area (Å²) in [5.41, 5.74) is 0.484. The second-order valence-electron chi connectivity index (χ2n) is 7.14. The molecule has 1 aromatic rings. The van der Waals surface area contributed by atoms with Gasteiger partial charge in [0.15, 0.2) is 0 Å². The Balaban J connectivity index is 2.80.